The van der Waals surface area contributed by atoms with Crippen LogP contribution in [0.25, 0.3) is 11.1 Å². The van der Waals surface area contributed by atoms with Gasteiger partial charge < -0.3 is 10.3 Å². The second-order valence-corrected chi connectivity index (χ2v) is 5.91. The summed E-state index contributed by atoms with van der Waals surface area (Å²) in [5, 5.41) is 4.28. The van der Waals surface area contributed by atoms with E-state index in [2.05, 4.69) is 24.2 Å². The summed E-state index contributed by atoms with van der Waals surface area (Å²) in [5.41, 5.74) is 10.6. The smallest absolute Gasteiger partial charge is 0.230 e. The Kier molecular flexibility index (Phi) is 2.25. The number of aryl methyl sites for hydroxylation is 1. The fourth-order valence-electron chi connectivity index (χ4n) is 3.89. The van der Waals surface area contributed by atoms with E-state index in [1.54, 1.807) is 0 Å². The molecule has 1 heterocycles. The molecular weight excluding hydrogens is 236 g/mol. The van der Waals surface area contributed by atoms with E-state index in [-0.39, 0.29) is 0 Å². The fraction of sp³-hybridized carbons (Fsp3) is 0.438. The Hall–Kier alpha value is -1.77. The third-order valence-electron chi connectivity index (χ3n) is 4.88. The molecule has 2 N–H and O–H groups in total. The summed E-state index contributed by atoms with van der Waals surface area (Å²) in [7, 11) is 0. The Morgan fingerprint density at radius 1 is 1.21 bits per heavy atom. The van der Waals surface area contributed by atoms with Crippen molar-refractivity contribution >= 4 is 5.88 Å². The highest BCUT2D eigenvalue weighted by atomic mass is 16.5. The molecule has 98 valence electrons. The summed E-state index contributed by atoms with van der Waals surface area (Å²) < 4.78 is 5.30. The highest BCUT2D eigenvalue weighted by Gasteiger charge is 2.55. The van der Waals surface area contributed by atoms with Crippen LogP contribution in [0.3, 0.4) is 0 Å². The van der Waals surface area contributed by atoms with Crippen molar-refractivity contribution in [1.29, 1.82) is 0 Å². The third-order valence-corrected chi connectivity index (χ3v) is 4.88. The number of benzene rings is 1. The number of nitrogens with zero attached hydrogens (tertiary/aromatic N) is 1. The molecule has 0 aliphatic heterocycles. The summed E-state index contributed by atoms with van der Waals surface area (Å²) in [6.07, 6.45) is 4.06. The van der Waals surface area contributed by atoms with Crippen molar-refractivity contribution in [2.45, 2.75) is 32.1 Å². The lowest BCUT2D eigenvalue weighted by Gasteiger charge is -2.07. The van der Waals surface area contributed by atoms with E-state index in [1.165, 1.54) is 30.4 Å². The summed E-state index contributed by atoms with van der Waals surface area (Å²) in [5.74, 6) is 2.71. The van der Waals surface area contributed by atoms with Crippen LogP contribution in [-0.4, -0.2) is 5.16 Å². The van der Waals surface area contributed by atoms with Crippen molar-refractivity contribution in [3.63, 3.8) is 0 Å². The zero-order valence-electron chi connectivity index (χ0n) is 11.1. The molecule has 0 bridgehead atoms. The van der Waals surface area contributed by atoms with Crippen LogP contribution in [0, 0.1) is 18.8 Å². The maximum atomic E-state index is 6.03. The molecule has 2 atom stereocenters. The molecule has 0 amide bonds. The summed E-state index contributed by atoms with van der Waals surface area (Å²) in [6.45, 7) is 2.11. The van der Waals surface area contributed by atoms with E-state index in [1.807, 2.05) is 12.1 Å². The van der Waals surface area contributed by atoms with E-state index in [4.69, 9.17) is 10.3 Å². The topological polar surface area (TPSA) is 52.0 Å². The first-order chi connectivity index (χ1) is 9.27. The molecule has 19 heavy (non-hydrogen) atoms. The first-order valence-corrected chi connectivity index (χ1v) is 7.08. The van der Waals surface area contributed by atoms with Crippen LogP contribution in [0.2, 0.25) is 0 Å². The van der Waals surface area contributed by atoms with Crippen molar-refractivity contribution in [2.24, 2.45) is 11.8 Å². The maximum absolute atomic E-state index is 6.03. The van der Waals surface area contributed by atoms with Gasteiger partial charge in [0.2, 0.25) is 5.88 Å². The van der Waals surface area contributed by atoms with Crippen LogP contribution in [0.5, 0.6) is 0 Å². The standard InChI is InChI=1S/C16H18N2O/c1-9-5-2-3-6-10(9)14-15(18-19-16(14)17)13-11-7-4-8-12(11)13/h2-3,5-6,11-13H,4,7-8,17H2,1H3. The zero-order chi connectivity index (χ0) is 13.0. The Balaban J connectivity index is 1.80. The molecule has 4 rings (SSSR count). The summed E-state index contributed by atoms with van der Waals surface area (Å²) in [4.78, 5) is 0. The van der Waals surface area contributed by atoms with Gasteiger partial charge in [-0.3, -0.25) is 0 Å². The molecule has 2 aliphatic rings. The van der Waals surface area contributed by atoms with Crippen LogP contribution in [-0.2, 0) is 0 Å². The molecule has 1 aromatic heterocycles. The molecule has 0 spiro atoms. The van der Waals surface area contributed by atoms with Gasteiger partial charge >= 0.3 is 0 Å². The highest BCUT2D eigenvalue weighted by molar-refractivity contribution is 5.78. The minimum Gasteiger partial charge on any atom is -0.367 e. The van der Waals surface area contributed by atoms with Gasteiger partial charge in [0, 0.05) is 5.92 Å². The largest absolute Gasteiger partial charge is 0.367 e. The number of fused-ring (bicyclic) bond motifs is 1. The Labute approximate surface area is 112 Å². The second-order valence-electron chi connectivity index (χ2n) is 5.91. The van der Waals surface area contributed by atoms with Crippen LogP contribution in [0.15, 0.2) is 28.8 Å². The molecule has 0 saturated heterocycles. The third kappa shape index (κ3) is 1.54. The first kappa shape index (κ1) is 11.1. The number of hydrogen-bond donors (Lipinski definition) is 1. The minimum atomic E-state index is 0.467. The van der Waals surface area contributed by atoms with Crippen molar-refractivity contribution in [3.05, 3.63) is 35.5 Å². The number of rotatable bonds is 2. The molecule has 3 heteroatoms. The van der Waals surface area contributed by atoms with Gasteiger partial charge in [-0.2, -0.15) is 0 Å². The van der Waals surface area contributed by atoms with Crippen LogP contribution in [0.1, 0.15) is 36.4 Å². The predicted octanol–water partition coefficient (Wildman–Crippen LogP) is 3.75. The molecule has 2 aromatic rings. The van der Waals surface area contributed by atoms with Crippen molar-refractivity contribution in [2.75, 3.05) is 5.73 Å². The van der Waals surface area contributed by atoms with Gasteiger partial charge in [-0.25, -0.2) is 0 Å². The Bertz CT molecular complexity index is 621. The van der Waals surface area contributed by atoms with Gasteiger partial charge in [-0.1, -0.05) is 35.8 Å². The Morgan fingerprint density at radius 2 is 1.95 bits per heavy atom. The van der Waals surface area contributed by atoms with Crippen LogP contribution in [0.4, 0.5) is 5.88 Å². The average Bonchev–Trinajstić information content (AvgIpc) is 2.78. The lowest BCUT2D eigenvalue weighted by Crippen LogP contribution is -1.94. The van der Waals surface area contributed by atoms with E-state index >= 15 is 0 Å². The van der Waals surface area contributed by atoms with Crippen molar-refractivity contribution in [1.82, 2.24) is 5.16 Å². The number of nitrogen functional groups attached to an aromatic ring is 1. The van der Waals surface area contributed by atoms with Crippen LogP contribution >= 0.6 is 0 Å². The van der Waals surface area contributed by atoms with E-state index < -0.39 is 0 Å². The molecule has 1 aromatic carbocycles. The highest BCUT2D eigenvalue weighted by Crippen LogP contribution is 2.64. The van der Waals surface area contributed by atoms with Gasteiger partial charge in [0.1, 0.15) is 0 Å². The molecule has 2 fully saturated rings. The number of aromatic nitrogens is 1. The van der Waals surface area contributed by atoms with Gasteiger partial charge in [0.15, 0.2) is 0 Å². The molecule has 2 aliphatic carbocycles. The molecule has 0 radical (unpaired) electrons. The first-order valence-electron chi connectivity index (χ1n) is 7.08. The van der Waals surface area contributed by atoms with Crippen molar-refractivity contribution in [3.8, 4) is 11.1 Å². The van der Waals surface area contributed by atoms with Gasteiger partial charge in [-0.05, 0) is 42.7 Å². The van der Waals surface area contributed by atoms with Gasteiger partial charge in [0.05, 0.1) is 11.3 Å². The molecule has 2 saturated carbocycles. The lowest BCUT2D eigenvalue weighted by molar-refractivity contribution is 0.424. The number of hydrogen-bond acceptors (Lipinski definition) is 3. The maximum Gasteiger partial charge on any atom is 0.230 e. The molecule has 3 nitrogen and oxygen atoms in total. The Morgan fingerprint density at radius 3 is 2.68 bits per heavy atom. The number of anilines is 1. The van der Waals surface area contributed by atoms with Crippen molar-refractivity contribution < 1.29 is 4.52 Å². The normalized spacial score (nSPS) is 28.4. The van der Waals surface area contributed by atoms with Gasteiger partial charge in [0.25, 0.3) is 0 Å². The lowest BCUT2D eigenvalue weighted by atomic mass is 9.96. The minimum absolute atomic E-state index is 0.467. The predicted molar refractivity (Wildman–Crippen MR) is 74.7 cm³/mol. The van der Waals surface area contributed by atoms with E-state index in [0.717, 1.165) is 23.1 Å². The summed E-state index contributed by atoms with van der Waals surface area (Å²) >= 11 is 0. The van der Waals surface area contributed by atoms with E-state index in [0.29, 0.717) is 11.8 Å². The fourth-order valence-corrected chi connectivity index (χ4v) is 3.89. The number of nitrogens with two attached hydrogens (primary N) is 1. The van der Waals surface area contributed by atoms with Gasteiger partial charge in [-0.15, -0.1) is 0 Å². The monoisotopic (exact) mass is 254 g/mol. The molecular formula is C16H18N2O. The average molecular weight is 254 g/mol. The zero-order valence-corrected chi connectivity index (χ0v) is 11.1. The second kappa shape index (κ2) is 3.86. The quantitative estimate of drug-likeness (QED) is 0.888. The molecule has 2 unspecified atom stereocenters. The van der Waals surface area contributed by atoms with Crippen LogP contribution < -0.4 is 5.73 Å². The SMILES string of the molecule is Cc1ccccc1-c1c(C2C3CCCC32)noc1N. The van der Waals surface area contributed by atoms with E-state index in [9.17, 15) is 0 Å². The summed E-state index contributed by atoms with van der Waals surface area (Å²) in [6, 6.07) is 8.32.